The molecule has 3 rings (SSSR count). The van der Waals surface area contributed by atoms with E-state index >= 15 is 0 Å². The molecule has 8 heteroatoms. The fourth-order valence-corrected chi connectivity index (χ4v) is 3.90. The molecule has 0 aliphatic rings. The molecule has 0 spiro atoms. The molecule has 3 aromatic carbocycles. The highest BCUT2D eigenvalue weighted by atomic mass is 127. The summed E-state index contributed by atoms with van der Waals surface area (Å²) >= 11 is 20.7. The van der Waals surface area contributed by atoms with Gasteiger partial charge in [0.25, 0.3) is 5.91 Å². The van der Waals surface area contributed by atoms with Gasteiger partial charge in [-0.15, -0.1) is 0 Å². The first-order chi connectivity index (χ1) is 14.9. The van der Waals surface area contributed by atoms with Gasteiger partial charge < -0.3 is 10.1 Å². The first-order valence-corrected chi connectivity index (χ1v) is 11.1. The Morgan fingerprint density at radius 1 is 1.06 bits per heavy atom. The van der Waals surface area contributed by atoms with E-state index in [-0.39, 0.29) is 22.2 Å². The van der Waals surface area contributed by atoms with Crippen LogP contribution in [0.4, 0.5) is 5.69 Å². The molecule has 3 aromatic rings. The third-order valence-electron chi connectivity index (χ3n) is 4.08. The van der Waals surface area contributed by atoms with Crippen molar-refractivity contribution in [1.29, 1.82) is 5.26 Å². The molecule has 31 heavy (non-hydrogen) atoms. The molecule has 0 unspecified atom stereocenters. The standard InChI is InChI=1S/C23H14Cl3IN2O2/c24-17-6-4-14(5-7-17)13-31-22-20(25)9-15(10-21(22)26)8-16(12-28)23(30)29-19-3-1-2-18(27)11-19/h1-11H,13H2,(H,29,30)/b16-8+. The summed E-state index contributed by atoms with van der Waals surface area (Å²) in [4.78, 5) is 12.5. The minimum absolute atomic E-state index is 0.0826. The lowest BCUT2D eigenvalue weighted by Gasteiger charge is -2.11. The lowest BCUT2D eigenvalue weighted by atomic mass is 10.1. The first kappa shape index (κ1) is 23.4. The van der Waals surface area contributed by atoms with Crippen LogP contribution in [0.2, 0.25) is 15.1 Å². The largest absolute Gasteiger partial charge is 0.486 e. The number of ether oxygens (including phenoxy) is 1. The second kappa shape index (κ2) is 10.9. The van der Waals surface area contributed by atoms with Crippen molar-refractivity contribution < 1.29 is 9.53 Å². The molecule has 0 saturated heterocycles. The number of halogens is 4. The Labute approximate surface area is 208 Å². The third kappa shape index (κ3) is 6.62. The molecule has 4 nitrogen and oxygen atoms in total. The summed E-state index contributed by atoms with van der Waals surface area (Å²) in [5.74, 6) is -0.211. The number of nitrogens with zero attached hydrogens (tertiary/aromatic N) is 1. The van der Waals surface area contributed by atoms with Gasteiger partial charge in [-0.3, -0.25) is 4.79 Å². The molecular formula is C23H14Cl3IN2O2. The fraction of sp³-hybridized carbons (Fsp3) is 0.0435. The average Bonchev–Trinajstić information content (AvgIpc) is 2.72. The van der Waals surface area contributed by atoms with Crippen LogP contribution in [0.25, 0.3) is 6.08 Å². The van der Waals surface area contributed by atoms with Crippen molar-refractivity contribution in [3.8, 4) is 11.8 Å². The normalized spacial score (nSPS) is 11.0. The molecular weight excluding hydrogens is 570 g/mol. The molecule has 0 bridgehead atoms. The number of carbonyl (C=O) groups is 1. The number of benzene rings is 3. The zero-order valence-corrected chi connectivity index (χ0v) is 20.3. The molecule has 0 aromatic heterocycles. The highest BCUT2D eigenvalue weighted by molar-refractivity contribution is 14.1. The van der Waals surface area contributed by atoms with Crippen LogP contribution in [-0.4, -0.2) is 5.91 Å². The molecule has 1 N–H and O–H groups in total. The Bertz CT molecular complexity index is 1170. The van der Waals surface area contributed by atoms with Crippen LogP contribution in [0.3, 0.4) is 0 Å². The molecule has 1 amide bonds. The SMILES string of the molecule is N#C/C(=C\c1cc(Cl)c(OCc2ccc(Cl)cc2)c(Cl)c1)C(=O)Nc1cccc(I)c1. The summed E-state index contributed by atoms with van der Waals surface area (Å²) in [6.07, 6.45) is 1.42. The van der Waals surface area contributed by atoms with Crippen molar-refractivity contribution in [2.45, 2.75) is 6.61 Å². The second-order valence-electron chi connectivity index (χ2n) is 6.36. The number of carbonyl (C=O) groups excluding carboxylic acids is 1. The summed E-state index contributed by atoms with van der Waals surface area (Å²) in [6, 6.07) is 19.6. The number of hydrogen-bond donors (Lipinski definition) is 1. The molecule has 0 aliphatic carbocycles. The third-order valence-corrected chi connectivity index (χ3v) is 5.56. The number of nitriles is 1. The first-order valence-electron chi connectivity index (χ1n) is 8.90. The Kier molecular flexibility index (Phi) is 8.22. The van der Waals surface area contributed by atoms with Crippen molar-refractivity contribution in [2.75, 3.05) is 5.32 Å². The average molecular weight is 584 g/mol. The zero-order chi connectivity index (χ0) is 22.4. The number of anilines is 1. The van der Waals surface area contributed by atoms with Crippen molar-refractivity contribution in [3.63, 3.8) is 0 Å². The maximum absolute atomic E-state index is 12.5. The predicted octanol–water partition coefficient (Wildman–Crippen LogP) is 7.38. The van der Waals surface area contributed by atoms with E-state index in [0.717, 1.165) is 9.13 Å². The molecule has 0 aliphatic heterocycles. The Hall–Kier alpha value is -2.24. The Morgan fingerprint density at radius 3 is 2.35 bits per heavy atom. The quantitative estimate of drug-likeness (QED) is 0.187. The Balaban J connectivity index is 1.76. The summed E-state index contributed by atoms with van der Waals surface area (Å²) in [7, 11) is 0. The molecule has 0 saturated carbocycles. The number of nitrogens with one attached hydrogen (secondary N) is 1. The predicted molar refractivity (Wildman–Crippen MR) is 134 cm³/mol. The second-order valence-corrected chi connectivity index (χ2v) is 8.86. The van der Waals surface area contributed by atoms with Gasteiger partial charge in [0, 0.05) is 14.3 Å². The Morgan fingerprint density at radius 2 is 1.74 bits per heavy atom. The van der Waals surface area contributed by atoms with Crippen molar-refractivity contribution in [2.24, 2.45) is 0 Å². The van der Waals surface area contributed by atoms with Gasteiger partial charge in [-0.1, -0.05) is 53.0 Å². The summed E-state index contributed by atoms with van der Waals surface area (Å²) < 4.78 is 6.71. The monoisotopic (exact) mass is 582 g/mol. The summed E-state index contributed by atoms with van der Waals surface area (Å²) in [5.41, 5.74) is 1.92. The van der Waals surface area contributed by atoms with Crippen LogP contribution in [-0.2, 0) is 11.4 Å². The minimum atomic E-state index is -0.528. The van der Waals surface area contributed by atoms with Gasteiger partial charge in [-0.05, 0) is 82.3 Å². The van der Waals surface area contributed by atoms with Crippen LogP contribution >= 0.6 is 57.4 Å². The van der Waals surface area contributed by atoms with E-state index in [9.17, 15) is 10.1 Å². The van der Waals surface area contributed by atoms with E-state index < -0.39 is 5.91 Å². The van der Waals surface area contributed by atoms with Crippen molar-refractivity contribution in [1.82, 2.24) is 0 Å². The lowest BCUT2D eigenvalue weighted by Crippen LogP contribution is -2.13. The topological polar surface area (TPSA) is 62.1 Å². The maximum atomic E-state index is 12.5. The van der Waals surface area contributed by atoms with Gasteiger partial charge >= 0.3 is 0 Å². The molecule has 0 heterocycles. The van der Waals surface area contributed by atoms with Gasteiger partial charge in [-0.25, -0.2) is 0 Å². The number of hydrogen-bond acceptors (Lipinski definition) is 3. The minimum Gasteiger partial charge on any atom is -0.486 e. The van der Waals surface area contributed by atoms with Crippen molar-refractivity contribution in [3.05, 3.63) is 96.0 Å². The van der Waals surface area contributed by atoms with Gasteiger partial charge in [0.15, 0.2) is 5.75 Å². The van der Waals surface area contributed by atoms with E-state index in [4.69, 9.17) is 39.5 Å². The molecule has 0 atom stereocenters. The molecule has 0 radical (unpaired) electrons. The fourth-order valence-electron chi connectivity index (χ4n) is 2.62. The summed E-state index contributed by atoms with van der Waals surface area (Å²) in [6.45, 7) is 0.257. The van der Waals surface area contributed by atoms with E-state index in [1.807, 2.05) is 30.3 Å². The van der Waals surface area contributed by atoms with Crippen LogP contribution in [0.15, 0.2) is 66.2 Å². The van der Waals surface area contributed by atoms with Crippen LogP contribution in [0, 0.1) is 14.9 Å². The van der Waals surface area contributed by atoms with Crippen molar-refractivity contribution >= 4 is 75.1 Å². The highest BCUT2D eigenvalue weighted by Gasteiger charge is 2.13. The maximum Gasteiger partial charge on any atom is 0.266 e. The van der Waals surface area contributed by atoms with Gasteiger partial charge in [0.05, 0.1) is 10.0 Å². The lowest BCUT2D eigenvalue weighted by molar-refractivity contribution is -0.112. The molecule has 156 valence electrons. The van der Waals surface area contributed by atoms with Crippen LogP contribution in [0.5, 0.6) is 5.75 Å². The number of amides is 1. The smallest absolute Gasteiger partial charge is 0.266 e. The summed E-state index contributed by atoms with van der Waals surface area (Å²) in [5, 5.41) is 13.3. The van der Waals surface area contributed by atoms with E-state index in [1.165, 1.54) is 6.08 Å². The number of rotatable bonds is 6. The van der Waals surface area contributed by atoms with E-state index in [1.54, 1.807) is 36.4 Å². The highest BCUT2D eigenvalue weighted by Crippen LogP contribution is 2.35. The van der Waals surface area contributed by atoms with E-state index in [0.29, 0.717) is 22.0 Å². The van der Waals surface area contributed by atoms with Crippen LogP contribution < -0.4 is 10.1 Å². The van der Waals surface area contributed by atoms with Gasteiger partial charge in [0.2, 0.25) is 0 Å². The zero-order valence-electron chi connectivity index (χ0n) is 15.8. The molecule has 0 fully saturated rings. The van der Waals surface area contributed by atoms with Gasteiger partial charge in [-0.2, -0.15) is 5.26 Å². The van der Waals surface area contributed by atoms with E-state index in [2.05, 4.69) is 27.9 Å². The van der Waals surface area contributed by atoms with Crippen LogP contribution in [0.1, 0.15) is 11.1 Å². The van der Waals surface area contributed by atoms with Gasteiger partial charge in [0.1, 0.15) is 18.2 Å².